The number of ether oxygens (including phenoxy) is 2. The molecule has 1 fully saturated rings. The fraction of sp³-hybridized carbons (Fsp3) is 0.500. The lowest BCUT2D eigenvalue weighted by Crippen LogP contribution is -2.42. The summed E-state index contributed by atoms with van der Waals surface area (Å²) in [7, 11) is 0. The number of fused-ring (bicyclic) bond motifs is 1. The first-order chi connectivity index (χ1) is 9.12. The van der Waals surface area contributed by atoms with Gasteiger partial charge in [0.05, 0.1) is 5.41 Å². The Balaban J connectivity index is 1.99. The van der Waals surface area contributed by atoms with Crippen LogP contribution >= 0.6 is 0 Å². The quantitative estimate of drug-likeness (QED) is 0.847. The highest BCUT2D eigenvalue weighted by molar-refractivity contribution is 5.82. The second kappa shape index (κ2) is 4.42. The molecule has 102 valence electrons. The van der Waals surface area contributed by atoms with E-state index in [1.54, 1.807) is 12.1 Å². The molecule has 0 spiro atoms. The Hall–Kier alpha value is -1.75. The first-order valence-electron chi connectivity index (χ1n) is 6.51. The summed E-state index contributed by atoms with van der Waals surface area (Å²) in [4.78, 5) is 11.8. The van der Waals surface area contributed by atoms with E-state index >= 15 is 0 Å². The van der Waals surface area contributed by atoms with E-state index < -0.39 is 11.4 Å². The van der Waals surface area contributed by atoms with E-state index in [2.05, 4.69) is 0 Å². The summed E-state index contributed by atoms with van der Waals surface area (Å²) in [6.45, 7) is 0.198. The van der Waals surface area contributed by atoms with Gasteiger partial charge in [-0.3, -0.25) is 4.79 Å². The van der Waals surface area contributed by atoms with Crippen LogP contribution in [0, 0.1) is 0 Å². The van der Waals surface area contributed by atoms with Crippen LogP contribution in [0.3, 0.4) is 0 Å². The van der Waals surface area contributed by atoms with Crippen molar-refractivity contribution >= 4 is 5.97 Å². The van der Waals surface area contributed by atoms with Crippen LogP contribution in [0.15, 0.2) is 18.2 Å². The third kappa shape index (κ3) is 1.94. The number of aliphatic carboxylic acids is 1. The molecule has 5 heteroatoms. The van der Waals surface area contributed by atoms with Crippen LogP contribution in [0.25, 0.3) is 0 Å². The molecule has 1 aliphatic carbocycles. The smallest absolute Gasteiger partial charge is 0.314 e. The topological polar surface area (TPSA) is 81.8 Å². The lowest BCUT2D eigenvalue weighted by Gasteiger charge is -2.36. The average molecular weight is 263 g/mol. The number of hydrogen-bond acceptors (Lipinski definition) is 4. The number of carbonyl (C=O) groups is 1. The van der Waals surface area contributed by atoms with Gasteiger partial charge in [-0.2, -0.15) is 0 Å². The van der Waals surface area contributed by atoms with Crippen LogP contribution in [0.4, 0.5) is 0 Å². The first kappa shape index (κ1) is 12.3. The van der Waals surface area contributed by atoms with Crippen molar-refractivity contribution < 1.29 is 19.4 Å². The van der Waals surface area contributed by atoms with E-state index in [9.17, 15) is 9.90 Å². The molecule has 1 heterocycles. The lowest BCUT2D eigenvalue weighted by molar-refractivity contribution is -0.145. The molecule has 5 nitrogen and oxygen atoms in total. The second-order valence-corrected chi connectivity index (χ2v) is 5.29. The molecule has 3 N–H and O–H groups in total. The molecule has 0 aromatic heterocycles. The Morgan fingerprint density at radius 3 is 2.63 bits per heavy atom. The van der Waals surface area contributed by atoms with Crippen molar-refractivity contribution in [3.8, 4) is 11.5 Å². The van der Waals surface area contributed by atoms with Gasteiger partial charge in [-0.15, -0.1) is 0 Å². The minimum Gasteiger partial charge on any atom is -0.481 e. The maximum atomic E-state index is 11.8. The summed E-state index contributed by atoms with van der Waals surface area (Å²) in [5.41, 5.74) is 5.84. The SMILES string of the molecule is NC1CCC(C(=O)O)(c2ccc3c(c2)OCO3)CC1. The summed E-state index contributed by atoms with van der Waals surface area (Å²) >= 11 is 0. The van der Waals surface area contributed by atoms with Gasteiger partial charge in [0, 0.05) is 6.04 Å². The van der Waals surface area contributed by atoms with Gasteiger partial charge in [-0.1, -0.05) is 6.07 Å². The van der Waals surface area contributed by atoms with Crippen LogP contribution in [0.5, 0.6) is 11.5 Å². The highest BCUT2D eigenvalue weighted by Gasteiger charge is 2.43. The molecule has 3 rings (SSSR count). The molecule has 1 aromatic carbocycles. The Bertz CT molecular complexity index is 506. The van der Waals surface area contributed by atoms with Gasteiger partial charge in [0.25, 0.3) is 0 Å². The van der Waals surface area contributed by atoms with Gasteiger partial charge in [-0.05, 0) is 43.4 Å². The molecule has 2 aliphatic rings. The lowest BCUT2D eigenvalue weighted by atomic mass is 9.68. The predicted octanol–water partition coefficient (Wildman–Crippen LogP) is 1.64. The summed E-state index contributed by atoms with van der Waals surface area (Å²) in [6, 6.07) is 5.53. The van der Waals surface area contributed by atoms with Gasteiger partial charge in [0.15, 0.2) is 11.5 Å². The number of hydrogen-bond donors (Lipinski definition) is 2. The predicted molar refractivity (Wildman–Crippen MR) is 68.3 cm³/mol. The van der Waals surface area contributed by atoms with E-state index in [1.807, 2.05) is 6.07 Å². The summed E-state index contributed by atoms with van der Waals surface area (Å²) in [5.74, 6) is 0.531. The van der Waals surface area contributed by atoms with Crippen molar-refractivity contribution in [1.29, 1.82) is 0 Å². The van der Waals surface area contributed by atoms with Crippen LogP contribution in [0.1, 0.15) is 31.2 Å². The Labute approximate surface area is 111 Å². The number of rotatable bonds is 2. The van der Waals surface area contributed by atoms with E-state index in [1.165, 1.54) is 0 Å². The molecule has 0 saturated heterocycles. The zero-order valence-electron chi connectivity index (χ0n) is 10.6. The molecule has 0 radical (unpaired) electrons. The van der Waals surface area contributed by atoms with Crippen LogP contribution in [0.2, 0.25) is 0 Å². The second-order valence-electron chi connectivity index (χ2n) is 5.29. The minimum atomic E-state index is -0.836. The van der Waals surface area contributed by atoms with Gasteiger partial charge >= 0.3 is 5.97 Å². The van der Waals surface area contributed by atoms with Crippen molar-refractivity contribution in [3.05, 3.63) is 23.8 Å². The van der Waals surface area contributed by atoms with Crippen molar-refractivity contribution in [2.45, 2.75) is 37.1 Å². The highest BCUT2D eigenvalue weighted by Crippen LogP contribution is 2.43. The van der Waals surface area contributed by atoms with Gasteiger partial charge in [0.1, 0.15) is 0 Å². The molecule has 19 heavy (non-hydrogen) atoms. The van der Waals surface area contributed by atoms with E-state index in [-0.39, 0.29) is 12.8 Å². The molecular formula is C14H17NO4. The van der Waals surface area contributed by atoms with Crippen molar-refractivity contribution in [1.82, 2.24) is 0 Å². The van der Waals surface area contributed by atoms with Gasteiger partial charge < -0.3 is 20.3 Å². The van der Waals surface area contributed by atoms with Crippen molar-refractivity contribution in [2.24, 2.45) is 5.73 Å². The number of benzene rings is 1. The van der Waals surface area contributed by atoms with Crippen LogP contribution in [-0.4, -0.2) is 23.9 Å². The van der Waals surface area contributed by atoms with Crippen LogP contribution in [-0.2, 0) is 10.2 Å². The van der Waals surface area contributed by atoms with E-state index in [0.717, 1.165) is 18.4 Å². The fourth-order valence-electron chi connectivity index (χ4n) is 2.95. The zero-order valence-corrected chi connectivity index (χ0v) is 10.6. The largest absolute Gasteiger partial charge is 0.481 e. The summed E-state index contributed by atoms with van der Waals surface area (Å²) < 4.78 is 10.6. The molecule has 0 unspecified atom stereocenters. The summed E-state index contributed by atoms with van der Waals surface area (Å²) in [6.07, 6.45) is 2.62. The first-order valence-corrected chi connectivity index (χ1v) is 6.51. The van der Waals surface area contributed by atoms with Crippen molar-refractivity contribution in [2.75, 3.05) is 6.79 Å². The van der Waals surface area contributed by atoms with Crippen molar-refractivity contribution in [3.63, 3.8) is 0 Å². The Morgan fingerprint density at radius 1 is 1.26 bits per heavy atom. The molecule has 0 amide bonds. The third-order valence-electron chi connectivity index (χ3n) is 4.22. The monoisotopic (exact) mass is 263 g/mol. The number of carboxylic acids is 1. The van der Waals surface area contributed by atoms with Gasteiger partial charge in [-0.25, -0.2) is 0 Å². The number of nitrogens with two attached hydrogens (primary N) is 1. The molecule has 0 atom stereocenters. The maximum absolute atomic E-state index is 11.8. The Morgan fingerprint density at radius 2 is 1.95 bits per heavy atom. The van der Waals surface area contributed by atoms with E-state index in [0.29, 0.717) is 24.3 Å². The van der Waals surface area contributed by atoms with Crippen LogP contribution < -0.4 is 15.2 Å². The summed E-state index contributed by atoms with van der Waals surface area (Å²) in [5, 5.41) is 9.66. The minimum absolute atomic E-state index is 0.112. The number of carboxylic acid groups (broad SMARTS) is 1. The molecule has 0 bridgehead atoms. The molecule has 1 aromatic rings. The molecule has 1 aliphatic heterocycles. The molecule has 1 saturated carbocycles. The average Bonchev–Trinajstić information content (AvgIpc) is 2.86. The standard InChI is InChI=1S/C14H17NO4/c15-10-3-5-14(6-4-10,13(16)17)9-1-2-11-12(7-9)19-8-18-11/h1-2,7,10H,3-6,8,15H2,(H,16,17). The molecular weight excluding hydrogens is 246 g/mol. The Kier molecular flexibility index (Phi) is 2.86. The maximum Gasteiger partial charge on any atom is 0.314 e. The fourth-order valence-corrected chi connectivity index (χ4v) is 2.95. The van der Waals surface area contributed by atoms with E-state index in [4.69, 9.17) is 15.2 Å². The van der Waals surface area contributed by atoms with Gasteiger partial charge in [0.2, 0.25) is 6.79 Å². The normalized spacial score (nSPS) is 29.2. The zero-order chi connectivity index (χ0) is 13.5. The third-order valence-corrected chi connectivity index (χ3v) is 4.22. The highest BCUT2D eigenvalue weighted by atomic mass is 16.7.